The number of nitrogens with zero attached hydrogens (tertiary/aromatic N) is 1. The van der Waals surface area contributed by atoms with Crippen LogP contribution >= 0.6 is 0 Å². The zero-order valence-electron chi connectivity index (χ0n) is 16.2. The van der Waals surface area contributed by atoms with Crippen molar-refractivity contribution in [2.24, 2.45) is 0 Å². The van der Waals surface area contributed by atoms with Gasteiger partial charge in [-0.2, -0.15) is 0 Å². The molecular weight excluding hydrogens is 350 g/mol. The highest BCUT2D eigenvalue weighted by molar-refractivity contribution is 5.76. The summed E-state index contributed by atoms with van der Waals surface area (Å²) in [4.78, 5) is 17.6. The van der Waals surface area contributed by atoms with Gasteiger partial charge in [0.15, 0.2) is 0 Å². The van der Waals surface area contributed by atoms with Gasteiger partial charge in [-0.15, -0.1) is 0 Å². The first-order valence-electron chi connectivity index (χ1n) is 9.26. The van der Waals surface area contributed by atoms with Gasteiger partial charge in [0, 0.05) is 7.05 Å². The third-order valence-electron chi connectivity index (χ3n) is 5.18. The van der Waals surface area contributed by atoms with Crippen LogP contribution < -0.4 is 0 Å². The summed E-state index contributed by atoms with van der Waals surface area (Å²) in [6, 6.07) is 29.5. The molecule has 1 unspecified atom stereocenters. The number of aliphatic hydroxyl groups is 1. The lowest BCUT2D eigenvalue weighted by Gasteiger charge is -2.40. The highest BCUT2D eigenvalue weighted by Crippen LogP contribution is 2.43. The number of carbonyl (C=O) groups is 1. The molecule has 0 saturated carbocycles. The normalized spacial score (nSPS) is 12.4. The first kappa shape index (κ1) is 19.8. The highest BCUT2D eigenvalue weighted by Gasteiger charge is 2.44. The van der Waals surface area contributed by atoms with E-state index in [9.17, 15) is 9.90 Å². The van der Waals surface area contributed by atoms with E-state index in [2.05, 4.69) is 0 Å². The molecule has 3 rings (SSSR count). The Morgan fingerprint density at radius 2 is 1.21 bits per heavy atom. The first-order valence-corrected chi connectivity index (χ1v) is 9.26. The minimum Gasteiger partial charge on any atom is -0.391 e. The van der Waals surface area contributed by atoms with Crippen LogP contribution in [0.2, 0.25) is 0 Å². The summed E-state index contributed by atoms with van der Waals surface area (Å²) in [5, 5.41) is 12.7. The Morgan fingerprint density at radius 3 is 1.54 bits per heavy atom. The van der Waals surface area contributed by atoms with E-state index in [-0.39, 0.29) is 12.3 Å². The monoisotopic (exact) mass is 375 g/mol. The third-order valence-corrected chi connectivity index (χ3v) is 5.18. The second-order valence-electron chi connectivity index (χ2n) is 6.70. The molecule has 144 valence electrons. The maximum absolute atomic E-state index is 12.6. The van der Waals surface area contributed by atoms with Gasteiger partial charge in [0.1, 0.15) is 0 Å². The number of aliphatic hydroxyl groups excluding tert-OH is 1. The van der Waals surface area contributed by atoms with Crippen molar-refractivity contribution in [1.29, 1.82) is 0 Å². The second kappa shape index (κ2) is 8.83. The molecule has 4 nitrogen and oxygen atoms in total. The van der Waals surface area contributed by atoms with E-state index < -0.39 is 11.5 Å². The Hall–Kier alpha value is -2.95. The van der Waals surface area contributed by atoms with Gasteiger partial charge in [0.05, 0.1) is 25.0 Å². The summed E-state index contributed by atoms with van der Waals surface area (Å²) < 4.78 is 0. The van der Waals surface area contributed by atoms with Crippen molar-refractivity contribution in [3.05, 3.63) is 108 Å². The predicted molar refractivity (Wildman–Crippen MR) is 110 cm³/mol. The van der Waals surface area contributed by atoms with Crippen LogP contribution in [0, 0.1) is 0 Å². The molecule has 0 aliphatic carbocycles. The Morgan fingerprint density at radius 1 is 0.857 bits per heavy atom. The smallest absolute Gasteiger partial charge is 0.248 e. The van der Waals surface area contributed by atoms with Crippen molar-refractivity contribution in [1.82, 2.24) is 5.06 Å². The zero-order chi connectivity index (χ0) is 20.0. The fourth-order valence-electron chi connectivity index (χ4n) is 3.73. The molecular formula is C24H25NO3. The van der Waals surface area contributed by atoms with Crippen LogP contribution in [0.25, 0.3) is 0 Å². The van der Waals surface area contributed by atoms with E-state index in [1.54, 1.807) is 7.05 Å². The molecule has 0 spiro atoms. The molecule has 0 aliphatic heterocycles. The molecule has 3 aromatic rings. The van der Waals surface area contributed by atoms with E-state index in [0.717, 1.165) is 21.8 Å². The van der Waals surface area contributed by atoms with Crippen molar-refractivity contribution in [2.75, 3.05) is 14.2 Å². The van der Waals surface area contributed by atoms with E-state index in [4.69, 9.17) is 4.84 Å². The summed E-state index contributed by atoms with van der Waals surface area (Å²) in [5.41, 5.74) is 1.88. The van der Waals surface area contributed by atoms with Gasteiger partial charge >= 0.3 is 0 Å². The van der Waals surface area contributed by atoms with E-state index in [1.807, 2.05) is 91.0 Å². The number of benzene rings is 3. The van der Waals surface area contributed by atoms with Gasteiger partial charge in [0.25, 0.3) is 0 Å². The molecule has 0 radical (unpaired) electrons. The number of carbonyl (C=O) groups excluding carboxylic acids is 1. The molecule has 28 heavy (non-hydrogen) atoms. The summed E-state index contributed by atoms with van der Waals surface area (Å²) in [7, 11) is 2.98. The number of hydrogen-bond acceptors (Lipinski definition) is 3. The second-order valence-corrected chi connectivity index (χ2v) is 6.70. The van der Waals surface area contributed by atoms with Crippen molar-refractivity contribution in [3.8, 4) is 0 Å². The van der Waals surface area contributed by atoms with Gasteiger partial charge in [-0.25, -0.2) is 5.06 Å². The molecule has 3 aromatic carbocycles. The van der Waals surface area contributed by atoms with Crippen molar-refractivity contribution in [2.45, 2.75) is 17.9 Å². The van der Waals surface area contributed by atoms with Gasteiger partial charge in [-0.05, 0) is 16.7 Å². The van der Waals surface area contributed by atoms with Crippen molar-refractivity contribution < 1.29 is 14.7 Å². The Labute approximate surface area is 166 Å². The lowest BCUT2D eigenvalue weighted by atomic mass is 9.65. The fraction of sp³-hybridized carbons (Fsp3) is 0.208. The van der Waals surface area contributed by atoms with E-state index >= 15 is 0 Å². The average Bonchev–Trinajstić information content (AvgIpc) is 2.76. The summed E-state index contributed by atoms with van der Waals surface area (Å²) >= 11 is 0. The predicted octanol–water partition coefficient (Wildman–Crippen LogP) is 3.79. The number of amides is 1. The van der Waals surface area contributed by atoms with Crippen LogP contribution in [0.3, 0.4) is 0 Å². The molecule has 0 aromatic heterocycles. The maximum atomic E-state index is 12.6. The van der Waals surface area contributed by atoms with Crippen LogP contribution in [-0.2, 0) is 15.0 Å². The zero-order valence-corrected chi connectivity index (χ0v) is 16.2. The molecule has 1 N–H and O–H groups in total. The van der Waals surface area contributed by atoms with Crippen molar-refractivity contribution in [3.63, 3.8) is 0 Å². The van der Waals surface area contributed by atoms with Crippen LogP contribution in [0.5, 0.6) is 0 Å². The molecule has 0 saturated heterocycles. The number of hydrogen-bond donors (Lipinski definition) is 1. The third kappa shape index (κ3) is 3.70. The number of rotatable bonds is 7. The van der Waals surface area contributed by atoms with E-state index in [0.29, 0.717) is 0 Å². The van der Waals surface area contributed by atoms with E-state index in [1.165, 1.54) is 7.11 Å². The van der Waals surface area contributed by atoms with Gasteiger partial charge in [-0.3, -0.25) is 9.63 Å². The van der Waals surface area contributed by atoms with Crippen LogP contribution in [0.15, 0.2) is 91.0 Å². The lowest BCUT2D eigenvalue weighted by Crippen LogP contribution is -2.44. The standard InChI is InChI=1S/C24H25NO3/c1-25(28-2)23(27)18-22(26)24(19-12-6-3-7-13-19,20-14-8-4-9-15-20)21-16-10-5-11-17-21/h3-17,22,26H,18H2,1-2H3. The summed E-state index contributed by atoms with van der Waals surface area (Å²) in [5.74, 6) is -0.290. The Kier molecular flexibility index (Phi) is 6.24. The fourth-order valence-corrected chi connectivity index (χ4v) is 3.73. The van der Waals surface area contributed by atoms with Crippen molar-refractivity contribution >= 4 is 5.91 Å². The summed E-state index contributed by atoms with van der Waals surface area (Å²) in [6.07, 6.45) is -1.08. The number of hydroxylamine groups is 2. The minimum atomic E-state index is -0.996. The molecule has 1 amide bonds. The molecule has 4 heteroatoms. The quantitative estimate of drug-likeness (QED) is 0.505. The van der Waals surface area contributed by atoms with Crippen LogP contribution in [-0.4, -0.2) is 36.3 Å². The lowest BCUT2D eigenvalue weighted by molar-refractivity contribution is -0.171. The molecule has 0 fully saturated rings. The first-order chi connectivity index (χ1) is 13.6. The molecule has 0 heterocycles. The topological polar surface area (TPSA) is 49.8 Å². The van der Waals surface area contributed by atoms with Crippen LogP contribution in [0.1, 0.15) is 23.1 Å². The highest BCUT2D eigenvalue weighted by atomic mass is 16.7. The summed E-state index contributed by atoms with van der Waals surface area (Å²) in [6.45, 7) is 0. The maximum Gasteiger partial charge on any atom is 0.248 e. The Bertz CT molecular complexity index is 785. The SMILES string of the molecule is CON(C)C(=O)CC(O)C(c1ccccc1)(c1ccccc1)c1ccccc1. The molecule has 0 bridgehead atoms. The largest absolute Gasteiger partial charge is 0.391 e. The van der Waals surface area contributed by atoms with Gasteiger partial charge < -0.3 is 5.11 Å². The van der Waals surface area contributed by atoms with Crippen LogP contribution in [0.4, 0.5) is 0 Å². The molecule has 0 aliphatic rings. The molecule has 1 atom stereocenters. The van der Waals surface area contributed by atoms with Gasteiger partial charge in [0.2, 0.25) is 5.91 Å². The minimum absolute atomic E-state index is 0.0803. The van der Waals surface area contributed by atoms with Gasteiger partial charge in [-0.1, -0.05) is 91.0 Å². The Balaban J connectivity index is 2.23. The average molecular weight is 375 g/mol.